The molecule has 7 nitrogen and oxygen atoms in total. The molecule has 34 heavy (non-hydrogen) atoms. The Kier molecular flexibility index (Phi) is 6.65. The molecule has 0 radical (unpaired) electrons. The first-order valence-electron chi connectivity index (χ1n) is 10.5. The number of carbonyl (C=O) groups excluding carboxylic acids is 3. The molecule has 3 aromatic carbocycles. The van der Waals surface area contributed by atoms with Crippen molar-refractivity contribution in [3.05, 3.63) is 100 Å². The summed E-state index contributed by atoms with van der Waals surface area (Å²) in [6.45, 7) is 2.21. The number of carbonyl (C=O) groups is 3. The number of amides is 3. The largest absolute Gasteiger partial charge is 0.497 e. The highest BCUT2D eigenvalue weighted by atomic mass is 35.5. The fraction of sp³-hybridized carbons (Fsp3) is 0.115. The van der Waals surface area contributed by atoms with Gasteiger partial charge in [-0.3, -0.25) is 14.4 Å². The maximum atomic E-state index is 13.1. The zero-order valence-corrected chi connectivity index (χ0v) is 19.3. The monoisotopic (exact) mass is 475 g/mol. The Morgan fingerprint density at radius 1 is 0.971 bits per heavy atom. The molecule has 1 aliphatic rings. The van der Waals surface area contributed by atoms with Gasteiger partial charge in [0.1, 0.15) is 16.5 Å². The number of halogens is 1. The van der Waals surface area contributed by atoms with Gasteiger partial charge in [-0.2, -0.15) is 0 Å². The van der Waals surface area contributed by atoms with E-state index in [1.165, 1.54) is 7.11 Å². The van der Waals surface area contributed by atoms with E-state index in [0.29, 0.717) is 29.2 Å². The molecule has 0 spiro atoms. The number of benzene rings is 3. The Labute approximate surface area is 202 Å². The summed E-state index contributed by atoms with van der Waals surface area (Å²) < 4.78 is 5.12. The fourth-order valence-electron chi connectivity index (χ4n) is 3.49. The number of imide groups is 1. The van der Waals surface area contributed by atoms with E-state index in [2.05, 4.69) is 10.6 Å². The zero-order chi connectivity index (χ0) is 24.2. The Balaban J connectivity index is 1.52. The maximum Gasteiger partial charge on any atom is 0.283 e. The molecule has 1 heterocycles. The van der Waals surface area contributed by atoms with Gasteiger partial charge in [-0.25, -0.2) is 4.90 Å². The highest BCUT2D eigenvalue weighted by Crippen LogP contribution is 2.32. The van der Waals surface area contributed by atoms with Crippen molar-refractivity contribution in [3.63, 3.8) is 0 Å². The van der Waals surface area contributed by atoms with Gasteiger partial charge in [0.2, 0.25) is 0 Å². The molecule has 3 amide bonds. The molecule has 0 aliphatic carbocycles. The van der Waals surface area contributed by atoms with Gasteiger partial charge in [0.05, 0.1) is 12.8 Å². The smallest absolute Gasteiger partial charge is 0.283 e. The summed E-state index contributed by atoms with van der Waals surface area (Å²) in [5.41, 5.74) is 2.98. The van der Waals surface area contributed by atoms with Crippen LogP contribution in [0.15, 0.2) is 83.5 Å². The fourth-order valence-corrected chi connectivity index (χ4v) is 3.70. The highest BCUT2D eigenvalue weighted by Gasteiger charge is 2.39. The third-order valence-electron chi connectivity index (χ3n) is 5.41. The Bertz CT molecular complexity index is 1290. The second-order valence-corrected chi connectivity index (χ2v) is 8.03. The second kappa shape index (κ2) is 9.80. The van der Waals surface area contributed by atoms with Gasteiger partial charge in [-0.1, -0.05) is 48.0 Å². The first-order valence-corrected chi connectivity index (χ1v) is 10.9. The van der Waals surface area contributed by atoms with Gasteiger partial charge in [0, 0.05) is 17.8 Å². The van der Waals surface area contributed by atoms with Gasteiger partial charge in [0.15, 0.2) is 0 Å². The van der Waals surface area contributed by atoms with Crippen LogP contribution >= 0.6 is 11.6 Å². The minimum atomic E-state index is -0.631. The number of anilines is 2. The van der Waals surface area contributed by atoms with E-state index in [4.69, 9.17) is 16.3 Å². The Morgan fingerprint density at radius 2 is 1.68 bits per heavy atom. The van der Waals surface area contributed by atoms with Crippen LogP contribution in [0.2, 0.25) is 0 Å². The van der Waals surface area contributed by atoms with Crippen LogP contribution < -0.4 is 20.3 Å². The molecule has 1 aliphatic heterocycles. The van der Waals surface area contributed by atoms with Crippen molar-refractivity contribution in [1.29, 1.82) is 0 Å². The zero-order valence-electron chi connectivity index (χ0n) is 18.6. The Hall–Kier alpha value is -4.10. The second-order valence-electron chi connectivity index (χ2n) is 7.66. The molecule has 4 rings (SSSR count). The lowest BCUT2D eigenvalue weighted by Crippen LogP contribution is -2.32. The highest BCUT2D eigenvalue weighted by molar-refractivity contribution is 6.53. The van der Waals surface area contributed by atoms with Gasteiger partial charge in [-0.15, -0.1) is 0 Å². The number of nitrogens with one attached hydrogen (secondary N) is 2. The van der Waals surface area contributed by atoms with Crippen molar-refractivity contribution in [3.8, 4) is 5.75 Å². The molecule has 0 fully saturated rings. The summed E-state index contributed by atoms with van der Waals surface area (Å²) in [6.07, 6.45) is 0. The predicted molar refractivity (Wildman–Crippen MR) is 131 cm³/mol. The number of hydrogen-bond acceptors (Lipinski definition) is 5. The minimum Gasteiger partial charge on any atom is -0.497 e. The van der Waals surface area contributed by atoms with Crippen molar-refractivity contribution < 1.29 is 19.1 Å². The number of hydrogen-bond donors (Lipinski definition) is 2. The number of ether oxygens (including phenoxy) is 1. The number of methoxy groups -OCH3 is 1. The van der Waals surface area contributed by atoms with Gasteiger partial charge >= 0.3 is 0 Å². The van der Waals surface area contributed by atoms with E-state index in [0.717, 1.165) is 16.0 Å². The lowest BCUT2D eigenvalue weighted by atomic mass is 10.1. The first-order chi connectivity index (χ1) is 16.4. The van der Waals surface area contributed by atoms with Crippen LogP contribution in [0, 0.1) is 6.92 Å². The number of nitrogens with zero attached hydrogens (tertiary/aromatic N) is 1. The minimum absolute atomic E-state index is 0.0487. The van der Waals surface area contributed by atoms with Crippen LogP contribution in [0.25, 0.3) is 0 Å². The molecule has 2 N–H and O–H groups in total. The normalized spacial score (nSPS) is 13.3. The van der Waals surface area contributed by atoms with E-state index < -0.39 is 11.8 Å². The number of rotatable bonds is 7. The van der Waals surface area contributed by atoms with Crippen LogP contribution in [0.3, 0.4) is 0 Å². The van der Waals surface area contributed by atoms with Crippen molar-refractivity contribution in [2.24, 2.45) is 0 Å². The lowest BCUT2D eigenvalue weighted by Gasteiger charge is -2.16. The summed E-state index contributed by atoms with van der Waals surface area (Å²) in [4.78, 5) is 39.5. The molecule has 0 aromatic heterocycles. The lowest BCUT2D eigenvalue weighted by molar-refractivity contribution is -0.120. The summed E-state index contributed by atoms with van der Waals surface area (Å²) in [5.74, 6) is -0.883. The summed E-state index contributed by atoms with van der Waals surface area (Å²) in [5, 5.41) is 5.61. The average molecular weight is 476 g/mol. The quantitative estimate of drug-likeness (QED) is 0.495. The van der Waals surface area contributed by atoms with Crippen LogP contribution in [-0.4, -0.2) is 24.8 Å². The van der Waals surface area contributed by atoms with Crippen LogP contribution in [0.1, 0.15) is 21.5 Å². The maximum absolute atomic E-state index is 13.1. The summed E-state index contributed by atoms with van der Waals surface area (Å²) in [6, 6.07) is 21.2. The van der Waals surface area contributed by atoms with Crippen molar-refractivity contribution in [1.82, 2.24) is 5.32 Å². The van der Waals surface area contributed by atoms with Gasteiger partial charge in [-0.05, 0) is 54.4 Å². The average Bonchev–Trinajstić information content (AvgIpc) is 3.07. The number of aryl methyl sites for hydroxylation is 1. The standard InChI is InChI=1S/C26H22ClN3O4/c1-16-8-9-18(24(31)28-15-17-6-4-3-5-7-17)14-21(16)29-23-22(27)25(32)30(26(23)33)19-10-12-20(34-2)13-11-19/h3-14,29H,15H2,1-2H3,(H,28,31). The van der Waals surface area contributed by atoms with Gasteiger partial charge < -0.3 is 15.4 Å². The molecule has 0 saturated carbocycles. The molecule has 8 heteroatoms. The predicted octanol–water partition coefficient (Wildman–Crippen LogP) is 4.37. The molecule has 0 saturated heterocycles. The van der Waals surface area contributed by atoms with E-state index in [-0.39, 0.29) is 16.6 Å². The summed E-state index contributed by atoms with van der Waals surface area (Å²) >= 11 is 6.25. The van der Waals surface area contributed by atoms with Gasteiger partial charge in [0.25, 0.3) is 17.7 Å². The Morgan fingerprint density at radius 3 is 2.35 bits per heavy atom. The van der Waals surface area contributed by atoms with E-state index in [1.807, 2.05) is 37.3 Å². The molecule has 172 valence electrons. The molecular weight excluding hydrogens is 454 g/mol. The van der Waals surface area contributed by atoms with E-state index in [1.54, 1.807) is 42.5 Å². The topological polar surface area (TPSA) is 87.7 Å². The summed E-state index contributed by atoms with van der Waals surface area (Å²) in [7, 11) is 1.53. The van der Waals surface area contributed by atoms with Crippen molar-refractivity contribution in [2.75, 3.05) is 17.3 Å². The first kappa shape index (κ1) is 23.1. The third-order valence-corrected chi connectivity index (χ3v) is 5.76. The SMILES string of the molecule is COc1ccc(N2C(=O)C(Cl)=C(Nc3cc(C(=O)NCc4ccccc4)ccc3C)C2=O)cc1. The van der Waals surface area contributed by atoms with Crippen LogP contribution in [0.5, 0.6) is 5.75 Å². The van der Waals surface area contributed by atoms with Crippen LogP contribution in [0.4, 0.5) is 11.4 Å². The molecule has 0 unspecified atom stereocenters. The van der Waals surface area contributed by atoms with E-state index >= 15 is 0 Å². The van der Waals surface area contributed by atoms with Crippen LogP contribution in [-0.2, 0) is 16.1 Å². The van der Waals surface area contributed by atoms with Crippen molar-refractivity contribution >= 4 is 40.7 Å². The molecular formula is C26H22ClN3O4. The molecule has 0 bridgehead atoms. The van der Waals surface area contributed by atoms with Crippen molar-refractivity contribution in [2.45, 2.75) is 13.5 Å². The third kappa shape index (κ3) is 4.65. The van der Waals surface area contributed by atoms with E-state index in [9.17, 15) is 14.4 Å². The molecule has 0 atom stereocenters. The molecule has 3 aromatic rings.